The van der Waals surface area contributed by atoms with Gasteiger partial charge in [-0.15, -0.1) is 0 Å². The van der Waals surface area contributed by atoms with Crippen LogP contribution in [0.2, 0.25) is 0 Å². The summed E-state index contributed by atoms with van der Waals surface area (Å²) in [5.74, 6) is -0.234. The van der Waals surface area contributed by atoms with Gasteiger partial charge in [0.05, 0.1) is 19.3 Å². The quantitative estimate of drug-likeness (QED) is 0.672. The molecule has 106 valence electrons. The molecule has 0 bridgehead atoms. The number of benzene rings is 2. The van der Waals surface area contributed by atoms with Crippen LogP contribution in [0.15, 0.2) is 59.2 Å². The molecule has 0 saturated carbocycles. The van der Waals surface area contributed by atoms with E-state index in [1.807, 2.05) is 48.5 Å². The number of carbonyl (C=O) groups excluding carboxylic acids is 1. The van der Waals surface area contributed by atoms with Crippen molar-refractivity contribution in [2.24, 2.45) is 0 Å². The van der Waals surface area contributed by atoms with Gasteiger partial charge in [-0.05, 0) is 12.5 Å². The van der Waals surface area contributed by atoms with Crippen LogP contribution in [0.1, 0.15) is 12.5 Å². The molecule has 0 atom stereocenters. The minimum atomic E-state index is -0.234. The fourth-order valence-electron chi connectivity index (χ4n) is 2.47. The van der Waals surface area contributed by atoms with Crippen LogP contribution in [0.4, 0.5) is 0 Å². The Hall–Kier alpha value is -2.55. The molecule has 0 aliphatic rings. The Balaban J connectivity index is 2.02. The van der Waals surface area contributed by atoms with Gasteiger partial charge in [0.15, 0.2) is 0 Å². The first kappa shape index (κ1) is 13.4. The highest BCUT2D eigenvalue weighted by atomic mass is 16.5. The van der Waals surface area contributed by atoms with Gasteiger partial charge in [-0.25, -0.2) is 0 Å². The standard InChI is InChI=1S/C18H16O3/c1-2-20-17(19)11-14-9-6-10-15-16(12-21-18(14)15)13-7-4-3-5-8-13/h3-10,12H,2,11H2,1H3. The van der Waals surface area contributed by atoms with E-state index in [2.05, 4.69) is 0 Å². The summed E-state index contributed by atoms with van der Waals surface area (Å²) in [5, 5.41) is 1.02. The predicted octanol–water partition coefficient (Wildman–Crippen LogP) is 4.21. The fraction of sp³-hybridized carbons (Fsp3) is 0.167. The lowest BCUT2D eigenvalue weighted by Crippen LogP contribution is -2.07. The Kier molecular flexibility index (Phi) is 3.73. The SMILES string of the molecule is CCOC(=O)Cc1cccc2c(-c3ccccc3)coc12. The summed E-state index contributed by atoms with van der Waals surface area (Å²) in [6.07, 6.45) is 1.97. The van der Waals surface area contributed by atoms with Crippen LogP contribution in [-0.2, 0) is 16.0 Å². The minimum absolute atomic E-state index is 0.229. The number of carbonyl (C=O) groups is 1. The Morgan fingerprint density at radius 3 is 2.67 bits per heavy atom. The van der Waals surface area contributed by atoms with Gasteiger partial charge < -0.3 is 9.15 Å². The first-order chi connectivity index (χ1) is 10.3. The van der Waals surface area contributed by atoms with E-state index in [0.29, 0.717) is 6.61 Å². The third kappa shape index (κ3) is 2.68. The van der Waals surface area contributed by atoms with Crippen LogP contribution < -0.4 is 0 Å². The van der Waals surface area contributed by atoms with Crippen molar-refractivity contribution in [3.05, 3.63) is 60.4 Å². The number of ether oxygens (including phenoxy) is 1. The van der Waals surface area contributed by atoms with E-state index in [4.69, 9.17) is 9.15 Å². The number of hydrogen-bond donors (Lipinski definition) is 0. The molecule has 3 rings (SSSR count). The zero-order chi connectivity index (χ0) is 14.7. The zero-order valence-corrected chi connectivity index (χ0v) is 11.8. The lowest BCUT2D eigenvalue weighted by atomic mass is 10.0. The van der Waals surface area contributed by atoms with Crippen molar-refractivity contribution in [1.82, 2.24) is 0 Å². The second kappa shape index (κ2) is 5.83. The highest BCUT2D eigenvalue weighted by Crippen LogP contribution is 2.32. The van der Waals surface area contributed by atoms with Crippen LogP contribution in [-0.4, -0.2) is 12.6 Å². The fourth-order valence-corrected chi connectivity index (χ4v) is 2.47. The number of rotatable bonds is 4. The summed E-state index contributed by atoms with van der Waals surface area (Å²) in [4.78, 5) is 11.7. The average Bonchev–Trinajstić information content (AvgIpc) is 2.93. The van der Waals surface area contributed by atoms with E-state index in [0.717, 1.165) is 27.7 Å². The van der Waals surface area contributed by atoms with E-state index in [1.54, 1.807) is 13.2 Å². The van der Waals surface area contributed by atoms with Crippen molar-refractivity contribution in [3.63, 3.8) is 0 Å². The first-order valence-electron chi connectivity index (χ1n) is 6.99. The lowest BCUT2D eigenvalue weighted by molar-refractivity contribution is -0.142. The van der Waals surface area contributed by atoms with Crippen molar-refractivity contribution in [2.45, 2.75) is 13.3 Å². The molecule has 0 saturated heterocycles. The molecule has 0 aliphatic carbocycles. The van der Waals surface area contributed by atoms with Crippen LogP contribution in [0, 0.1) is 0 Å². The molecule has 0 fully saturated rings. The molecule has 1 heterocycles. The molecule has 2 aromatic carbocycles. The van der Waals surface area contributed by atoms with Gasteiger partial charge in [0.1, 0.15) is 5.58 Å². The van der Waals surface area contributed by atoms with Crippen molar-refractivity contribution < 1.29 is 13.9 Å². The minimum Gasteiger partial charge on any atom is -0.466 e. The van der Waals surface area contributed by atoms with E-state index in [-0.39, 0.29) is 12.4 Å². The molecule has 0 amide bonds. The van der Waals surface area contributed by atoms with Crippen LogP contribution >= 0.6 is 0 Å². The second-order valence-electron chi connectivity index (χ2n) is 4.79. The average molecular weight is 280 g/mol. The molecule has 3 aromatic rings. The summed E-state index contributed by atoms with van der Waals surface area (Å²) in [6, 6.07) is 15.9. The zero-order valence-electron chi connectivity index (χ0n) is 11.8. The molecule has 0 spiro atoms. The van der Waals surface area contributed by atoms with Crippen LogP contribution in [0.25, 0.3) is 22.1 Å². The molecular weight excluding hydrogens is 264 g/mol. The van der Waals surface area contributed by atoms with Crippen LogP contribution in [0.3, 0.4) is 0 Å². The largest absolute Gasteiger partial charge is 0.466 e. The van der Waals surface area contributed by atoms with E-state index >= 15 is 0 Å². The molecule has 0 radical (unpaired) electrons. The third-order valence-corrected chi connectivity index (χ3v) is 3.41. The van der Waals surface area contributed by atoms with Gasteiger partial charge in [0.2, 0.25) is 0 Å². The van der Waals surface area contributed by atoms with Crippen molar-refractivity contribution in [1.29, 1.82) is 0 Å². The number of para-hydroxylation sites is 1. The summed E-state index contributed by atoms with van der Waals surface area (Å²) >= 11 is 0. The third-order valence-electron chi connectivity index (χ3n) is 3.41. The van der Waals surface area contributed by atoms with Gasteiger partial charge >= 0.3 is 5.97 Å². The monoisotopic (exact) mass is 280 g/mol. The molecule has 3 heteroatoms. The van der Waals surface area contributed by atoms with Gasteiger partial charge in [0, 0.05) is 16.5 Å². The van der Waals surface area contributed by atoms with Gasteiger partial charge in [-0.1, -0.05) is 48.5 Å². The van der Waals surface area contributed by atoms with E-state index < -0.39 is 0 Å². The lowest BCUT2D eigenvalue weighted by Gasteiger charge is -2.03. The van der Waals surface area contributed by atoms with Crippen molar-refractivity contribution in [3.8, 4) is 11.1 Å². The van der Waals surface area contributed by atoms with E-state index in [9.17, 15) is 4.79 Å². The highest BCUT2D eigenvalue weighted by Gasteiger charge is 2.13. The molecule has 1 aromatic heterocycles. The van der Waals surface area contributed by atoms with Crippen LogP contribution in [0.5, 0.6) is 0 Å². The summed E-state index contributed by atoms with van der Waals surface area (Å²) in [6.45, 7) is 2.20. The van der Waals surface area contributed by atoms with Gasteiger partial charge in [-0.3, -0.25) is 4.79 Å². The number of esters is 1. The Morgan fingerprint density at radius 1 is 1.10 bits per heavy atom. The normalized spacial score (nSPS) is 10.7. The summed E-state index contributed by atoms with van der Waals surface area (Å²) in [5.41, 5.74) is 3.75. The predicted molar refractivity (Wildman–Crippen MR) is 82.0 cm³/mol. The summed E-state index contributed by atoms with van der Waals surface area (Å²) < 4.78 is 10.7. The molecule has 0 aliphatic heterocycles. The summed E-state index contributed by atoms with van der Waals surface area (Å²) in [7, 11) is 0. The van der Waals surface area contributed by atoms with Crippen molar-refractivity contribution >= 4 is 16.9 Å². The second-order valence-corrected chi connectivity index (χ2v) is 4.79. The van der Waals surface area contributed by atoms with E-state index in [1.165, 1.54) is 0 Å². The molecular formula is C18H16O3. The van der Waals surface area contributed by atoms with Gasteiger partial charge in [-0.2, -0.15) is 0 Å². The molecule has 0 N–H and O–H groups in total. The first-order valence-corrected chi connectivity index (χ1v) is 6.99. The molecule has 21 heavy (non-hydrogen) atoms. The molecule has 3 nitrogen and oxygen atoms in total. The highest BCUT2D eigenvalue weighted by molar-refractivity contribution is 5.96. The Morgan fingerprint density at radius 2 is 1.90 bits per heavy atom. The smallest absolute Gasteiger partial charge is 0.310 e. The maximum absolute atomic E-state index is 11.7. The molecule has 0 unspecified atom stereocenters. The Labute approximate surface area is 123 Å². The van der Waals surface area contributed by atoms with Gasteiger partial charge in [0.25, 0.3) is 0 Å². The topological polar surface area (TPSA) is 39.4 Å². The maximum atomic E-state index is 11.7. The Bertz CT molecular complexity index is 756. The number of hydrogen-bond acceptors (Lipinski definition) is 3. The number of fused-ring (bicyclic) bond motifs is 1. The van der Waals surface area contributed by atoms with Crippen molar-refractivity contribution in [2.75, 3.05) is 6.61 Å². The number of furan rings is 1. The maximum Gasteiger partial charge on any atom is 0.310 e.